The largest absolute Gasteiger partial charge is 0.416 e. The minimum Gasteiger partial charge on any atom is -0.285 e. The van der Waals surface area contributed by atoms with Gasteiger partial charge in [0.25, 0.3) is 10.1 Å². The van der Waals surface area contributed by atoms with Gasteiger partial charge in [-0.2, -0.15) is 34.8 Å². The van der Waals surface area contributed by atoms with Crippen molar-refractivity contribution in [2.45, 2.75) is 17.6 Å². The van der Waals surface area contributed by atoms with Crippen molar-refractivity contribution in [3.05, 3.63) is 35.1 Å². The standard InChI is InChI=1S/C9H5F7O3S/c10-4-1-2-6(8(11,12)13)5(3-4)7(9(14,15)16)20(17,18)19/h1-3,7H,(H,17,18,19). The van der Waals surface area contributed by atoms with Gasteiger partial charge < -0.3 is 0 Å². The van der Waals surface area contributed by atoms with E-state index in [-0.39, 0.29) is 18.2 Å². The van der Waals surface area contributed by atoms with Gasteiger partial charge in [0.1, 0.15) is 5.82 Å². The minimum atomic E-state index is -5.97. The second-order valence-electron chi connectivity index (χ2n) is 3.67. The normalized spacial score (nSPS) is 15.2. The summed E-state index contributed by atoms with van der Waals surface area (Å²) in [7, 11) is -5.97. The highest BCUT2D eigenvalue weighted by Crippen LogP contribution is 2.44. The van der Waals surface area contributed by atoms with E-state index in [4.69, 9.17) is 4.55 Å². The average Bonchev–Trinajstić information content (AvgIpc) is 2.09. The summed E-state index contributed by atoms with van der Waals surface area (Å²) >= 11 is 0. The number of hydrogen-bond donors (Lipinski definition) is 1. The van der Waals surface area contributed by atoms with Crippen molar-refractivity contribution in [3.63, 3.8) is 0 Å². The fourth-order valence-corrected chi connectivity index (χ4v) is 2.37. The Hall–Kier alpha value is -1.36. The van der Waals surface area contributed by atoms with E-state index in [2.05, 4.69) is 0 Å². The first-order chi connectivity index (χ1) is 8.74. The van der Waals surface area contributed by atoms with Crippen LogP contribution in [-0.2, 0) is 16.3 Å². The van der Waals surface area contributed by atoms with Gasteiger partial charge in [-0.1, -0.05) is 0 Å². The molecule has 0 saturated carbocycles. The van der Waals surface area contributed by atoms with Crippen molar-refractivity contribution in [1.29, 1.82) is 0 Å². The molecule has 0 aliphatic heterocycles. The van der Waals surface area contributed by atoms with E-state index in [0.717, 1.165) is 0 Å². The second-order valence-corrected chi connectivity index (χ2v) is 5.17. The number of hydrogen-bond acceptors (Lipinski definition) is 2. The number of alkyl halides is 6. The Kier molecular flexibility index (Phi) is 4.07. The molecule has 0 heterocycles. The molecule has 0 saturated heterocycles. The van der Waals surface area contributed by atoms with Gasteiger partial charge in [0.15, 0.2) is 0 Å². The Balaban J connectivity index is 3.69. The number of halogens is 7. The average molecular weight is 326 g/mol. The van der Waals surface area contributed by atoms with Crippen LogP contribution in [0.25, 0.3) is 0 Å². The van der Waals surface area contributed by atoms with Crippen LogP contribution >= 0.6 is 0 Å². The maximum absolute atomic E-state index is 12.9. The highest BCUT2D eigenvalue weighted by atomic mass is 32.2. The highest BCUT2D eigenvalue weighted by molar-refractivity contribution is 7.86. The molecule has 20 heavy (non-hydrogen) atoms. The smallest absolute Gasteiger partial charge is 0.285 e. The lowest BCUT2D eigenvalue weighted by atomic mass is 10.0. The lowest BCUT2D eigenvalue weighted by Crippen LogP contribution is -2.30. The van der Waals surface area contributed by atoms with Crippen LogP contribution < -0.4 is 0 Å². The molecule has 1 aromatic rings. The molecular formula is C9H5F7O3S. The van der Waals surface area contributed by atoms with E-state index < -0.39 is 44.7 Å². The van der Waals surface area contributed by atoms with Crippen LogP contribution in [0.2, 0.25) is 0 Å². The third-order valence-corrected chi connectivity index (χ3v) is 3.31. The maximum atomic E-state index is 12.9. The minimum absolute atomic E-state index is 0.0331. The summed E-state index contributed by atoms with van der Waals surface area (Å²) in [5.74, 6) is -1.51. The van der Waals surface area contributed by atoms with Crippen LogP contribution in [0.3, 0.4) is 0 Å². The molecule has 3 nitrogen and oxygen atoms in total. The first-order valence-electron chi connectivity index (χ1n) is 4.64. The van der Waals surface area contributed by atoms with E-state index in [9.17, 15) is 39.2 Å². The van der Waals surface area contributed by atoms with Crippen LogP contribution in [0.4, 0.5) is 30.7 Å². The lowest BCUT2D eigenvalue weighted by molar-refractivity contribution is -0.145. The number of benzene rings is 1. The molecule has 1 rings (SSSR count). The van der Waals surface area contributed by atoms with Crippen LogP contribution in [-0.4, -0.2) is 19.1 Å². The van der Waals surface area contributed by atoms with Crippen LogP contribution in [0.15, 0.2) is 18.2 Å². The molecular weight excluding hydrogens is 321 g/mol. The van der Waals surface area contributed by atoms with Crippen molar-refractivity contribution in [2.75, 3.05) is 0 Å². The summed E-state index contributed by atoms with van der Waals surface area (Å²) in [4.78, 5) is 0. The Labute approximate surface area is 107 Å². The molecule has 0 aliphatic carbocycles. The van der Waals surface area contributed by atoms with Crippen molar-refractivity contribution >= 4 is 10.1 Å². The van der Waals surface area contributed by atoms with Crippen molar-refractivity contribution in [3.8, 4) is 0 Å². The van der Waals surface area contributed by atoms with Gasteiger partial charge in [-0.15, -0.1) is 0 Å². The van der Waals surface area contributed by atoms with Crippen LogP contribution in [0.1, 0.15) is 16.4 Å². The monoisotopic (exact) mass is 326 g/mol. The number of rotatable bonds is 2. The summed E-state index contributed by atoms with van der Waals surface area (Å²) < 4.78 is 118. The van der Waals surface area contributed by atoms with Crippen molar-refractivity contribution in [1.82, 2.24) is 0 Å². The van der Waals surface area contributed by atoms with Gasteiger partial charge in [0.2, 0.25) is 5.25 Å². The summed E-state index contributed by atoms with van der Waals surface area (Å²) in [5.41, 5.74) is -3.92. The zero-order valence-electron chi connectivity index (χ0n) is 9.13. The second kappa shape index (κ2) is 4.88. The van der Waals surface area contributed by atoms with Crippen molar-refractivity contribution < 1.29 is 43.7 Å². The first-order valence-corrected chi connectivity index (χ1v) is 6.14. The SMILES string of the molecule is O=S(=O)(O)C(c1cc(F)ccc1C(F)(F)F)C(F)(F)F. The molecule has 114 valence electrons. The third kappa shape index (κ3) is 3.60. The van der Waals surface area contributed by atoms with Gasteiger partial charge >= 0.3 is 12.4 Å². The molecule has 11 heteroatoms. The lowest BCUT2D eigenvalue weighted by Gasteiger charge is -2.21. The molecule has 1 unspecified atom stereocenters. The van der Waals surface area contributed by atoms with E-state index in [0.29, 0.717) is 0 Å². The highest BCUT2D eigenvalue weighted by Gasteiger charge is 2.52. The Morgan fingerprint density at radius 1 is 1.05 bits per heavy atom. The molecule has 1 N–H and O–H groups in total. The Morgan fingerprint density at radius 3 is 1.90 bits per heavy atom. The summed E-state index contributed by atoms with van der Waals surface area (Å²) in [5, 5.41) is -3.89. The first kappa shape index (κ1) is 16.7. The third-order valence-electron chi connectivity index (χ3n) is 2.20. The van der Waals surface area contributed by atoms with Gasteiger partial charge in [-0.3, -0.25) is 4.55 Å². The summed E-state index contributed by atoms with van der Waals surface area (Å²) in [6.45, 7) is 0. The Bertz CT molecular complexity index is 603. The predicted molar refractivity (Wildman–Crippen MR) is 51.7 cm³/mol. The molecule has 0 aliphatic rings. The molecule has 0 aromatic heterocycles. The molecule has 0 radical (unpaired) electrons. The predicted octanol–water partition coefficient (Wildman–Crippen LogP) is 3.34. The van der Waals surface area contributed by atoms with Crippen LogP contribution in [0.5, 0.6) is 0 Å². The molecule has 1 aromatic carbocycles. The van der Waals surface area contributed by atoms with E-state index in [1.165, 1.54) is 0 Å². The maximum Gasteiger partial charge on any atom is 0.416 e. The Morgan fingerprint density at radius 2 is 1.55 bits per heavy atom. The van der Waals surface area contributed by atoms with E-state index >= 15 is 0 Å². The molecule has 1 atom stereocenters. The fraction of sp³-hybridized carbons (Fsp3) is 0.333. The van der Waals surface area contributed by atoms with E-state index in [1.54, 1.807) is 0 Å². The topological polar surface area (TPSA) is 54.4 Å². The van der Waals surface area contributed by atoms with Gasteiger partial charge in [-0.05, 0) is 23.8 Å². The quantitative estimate of drug-likeness (QED) is 0.670. The van der Waals surface area contributed by atoms with Gasteiger partial charge in [0, 0.05) is 0 Å². The molecule has 0 spiro atoms. The van der Waals surface area contributed by atoms with E-state index in [1.807, 2.05) is 0 Å². The van der Waals surface area contributed by atoms with Gasteiger partial charge in [-0.25, -0.2) is 4.39 Å². The molecule has 0 amide bonds. The molecule has 0 bridgehead atoms. The summed E-state index contributed by atoms with van der Waals surface area (Å²) in [6, 6.07) is -0.0346. The zero-order valence-corrected chi connectivity index (χ0v) is 9.94. The fourth-order valence-electron chi connectivity index (χ4n) is 1.51. The summed E-state index contributed by atoms with van der Waals surface area (Å²) in [6.07, 6.45) is -11.1. The molecule has 0 fully saturated rings. The van der Waals surface area contributed by atoms with Crippen LogP contribution in [0, 0.1) is 5.82 Å². The van der Waals surface area contributed by atoms with Gasteiger partial charge in [0.05, 0.1) is 5.56 Å². The zero-order chi connectivity index (χ0) is 15.9. The van der Waals surface area contributed by atoms with Crippen molar-refractivity contribution in [2.24, 2.45) is 0 Å².